The third kappa shape index (κ3) is 1.27. The van der Waals surface area contributed by atoms with Gasteiger partial charge in [0.25, 0.3) is 0 Å². The first-order valence-corrected chi connectivity index (χ1v) is 6.68. The van der Waals surface area contributed by atoms with E-state index in [9.17, 15) is 14.7 Å². The Bertz CT molecular complexity index is 520. The molecule has 3 aliphatic rings. The number of ether oxygens (including phenoxy) is 1. The van der Waals surface area contributed by atoms with Crippen molar-refractivity contribution in [1.82, 2.24) is 0 Å². The molecule has 19 heavy (non-hydrogen) atoms. The Balaban J connectivity index is 2.16. The molecule has 1 saturated heterocycles. The van der Waals surface area contributed by atoms with Gasteiger partial charge in [0.2, 0.25) is 0 Å². The van der Waals surface area contributed by atoms with Crippen LogP contribution in [0.3, 0.4) is 0 Å². The van der Waals surface area contributed by atoms with Crippen molar-refractivity contribution in [2.45, 2.75) is 38.4 Å². The molecule has 102 valence electrons. The Morgan fingerprint density at radius 3 is 2.79 bits per heavy atom. The predicted octanol–water partition coefficient (Wildman–Crippen LogP) is 1.39. The first-order chi connectivity index (χ1) is 8.82. The first kappa shape index (κ1) is 12.6. The molecular formula is C15H18O4. The van der Waals surface area contributed by atoms with Crippen molar-refractivity contribution in [1.29, 1.82) is 0 Å². The lowest BCUT2D eigenvalue weighted by Crippen LogP contribution is -2.56. The van der Waals surface area contributed by atoms with Gasteiger partial charge in [0.15, 0.2) is 5.78 Å². The van der Waals surface area contributed by atoms with Crippen molar-refractivity contribution in [2.75, 3.05) is 0 Å². The molecule has 1 N–H and O–H groups in total. The molecule has 0 spiro atoms. The molecule has 1 saturated carbocycles. The minimum Gasteiger partial charge on any atom is -0.457 e. The molecule has 1 unspecified atom stereocenters. The molecule has 4 nitrogen and oxygen atoms in total. The van der Waals surface area contributed by atoms with E-state index in [-0.39, 0.29) is 17.6 Å². The second kappa shape index (κ2) is 3.57. The van der Waals surface area contributed by atoms with Gasteiger partial charge in [-0.25, -0.2) is 4.79 Å². The van der Waals surface area contributed by atoms with Crippen LogP contribution >= 0.6 is 0 Å². The zero-order chi connectivity index (χ0) is 14.0. The highest BCUT2D eigenvalue weighted by Crippen LogP contribution is 2.56. The SMILES string of the molecule is C=C1C(=O)O[C@@H]2[C@H]1CC[C@H](C)C1(O)C=CC(=O)[C@@]21C. The van der Waals surface area contributed by atoms with Crippen molar-refractivity contribution in [3.8, 4) is 0 Å². The van der Waals surface area contributed by atoms with Gasteiger partial charge in [-0.2, -0.15) is 0 Å². The molecule has 0 aromatic heterocycles. The quantitative estimate of drug-likeness (QED) is 0.529. The summed E-state index contributed by atoms with van der Waals surface area (Å²) >= 11 is 0. The molecule has 0 amide bonds. The fourth-order valence-corrected chi connectivity index (χ4v) is 3.89. The summed E-state index contributed by atoms with van der Waals surface area (Å²) < 4.78 is 5.40. The van der Waals surface area contributed by atoms with Gasteiger partial charge >= 0.3 is 5.97 Å². The summed E-state index contributed by atoms with van der Waals surface area (Å²) in [5.41, 5.74) is -1.90. The highest BCUT2D eigenvalue weighted by molar-refractivity contribution is 6.01. The first-order valence-electron chi connectivity index (χ1n) is 6.68. The van der Waals surface area contributed by atoms with Crippen LogP contribution in [0.4, 0.5) is 0 Å². The Hall–Kier alpha value is -1.42. The maximum Gasteiger partial charge on any atom is 0.334 e. The van der Waals surface area contributed by atoms with Gasteiger partial charge < -0.3 is 9.84 Å². The van der Waals surface area contributed by atoms with Crippen LogP contribution in [-0.2, 0) is 14.3 Å². The average molecular weight is 262 g/mol. The van der Waals surface area contributed by atoms with E-state index in [1.807, 2.05) is 6.92 Å². The second-order valence-corrected chi connectivity index (χ2v) is 6.16. The van der Waals surface area contributed by atoms with Crippen LogP contribution in [0.1, 0.15) is 26.7 Å². The average Bonchev–Trinajstić information content (AvgIpc) is 2.76. The molecule has 0 aromatic carbocycles. The zero-order valence-corrected chi connectivity index (χ0v) is 11.2. The van der Waals surface area contributed by atoms with Gasteiger partial charge in [0, 0.05) is 11.5 Å². The molecule has 2 fully saturated rings. The number of hydrogen-bond acceptors (Lipinski definition) is 4. The minimum atomic E-state index is -1.24. The number of ketones is 1. The molecule has 1 heterocycles. The lowest BCUT2D eigenvalue weighted by atomic mass is 9.65. The summed E-state index contributed by atoms with van der Waals surface area (Å²) in [6, 6.07) is 0. The summed E-state index contributed by atoms with van der Waals surface area (Å²) in [5.74, 6) is -0.829. The molecular weight excluding hydrogens is 244 g/mol. The van der Waals surface area contributed by atoms with E-state index < -0.39 is 23.1 Å². The number of allylic oxidation sites excluding steroid dienone is 1. The molecule has 1 aliphatic heterocycles. The number of esters is 1. The van der Waals surface area contributed by atoms with Gasteiger partial charge in [0.1, 0.15) is 17.1 Å². The van der Waals surface area contributed by atoms with E-state index in [2.05, 4.69) is 6.58 Å². The zero-order valence-electron chi connectivity index (χ0n) is 11.2. The number of carbonyl (C=O) groups excluding carboxylic acids is 2. The number of aliphatic hydroxyl groups is 1. The molecule has 5 atom stereocenters. The largest absolute Gasteiger partial charge is 0.457 e. The van der Waals surface area contributed by atoms with Gasteiger partial charge in [-0.15, -0.1) is 0 Å². The number of hydrogen-bond donors (Lipinski definition) is 1. The van der Waals surface area contributed by atoms with E-state index in [0.29, 0.717) is 5.57 Å². The van der Waals surface area contributed by atoms with Crippen molar-refractivity contribution < 1.29 is 19.4 Å². The summed E-state index contributed by atoms with van der Waals surface area (Å²) in [6.45, 7) is 7.44. The molecule has 3 rings (SSSR count). The molecule has 4 heteroatoms. The minimum absolute atomic E-state index is 0.0581. The molecule has 0 aromatic rings. The molecule has 2 aliphatic carbocycles. The van der Waals surface area contributed by atoms with Crippen LogP contribution in [0, 0.1) is 17.3 Å². The van der Waals surface area contributed by atoms with E-state index in [1.165, 1.54) is 6.08 Å². The third-order valence-electron chi connectivity index (χ3n) is 5.37. The fraction of sp³-hybridized carbons (Fsp3) is 0.600. The monoisotopic (exact) mass is 262 g/mol. The standard InChI is InChI=1S/C15H18O4/c1-8-4-5-10-9(2)13(17)19-12(10)14(3)11(16)6-7-15(8,14)18/h6-8,10,12,18H,2,4-5H2,1,3H3/t8-,10-,12+,14-,15?/m0/s1. The van der Waals surface area contributed by atoms with E-state index in [1.54, 1.807) is 13.0 Å². The van der Waals surface area contributed by atoms with Gasteiger partial charge in [0.05, 0.1) is 0 Å². The van der Waals surface area contributed by atoms with Gasteiger partial charge in [-0.3, -0.25) is 4.79 Å². The highest BCUT2D eigenvalue weighted by atomic mass is 16.6. The summed E-state index contributed by atoms with van der Waals surface area (Å²) in [5, 5.41) is 11.0. The van der Waals surface area contributed by atoms with Crippen molar-refractivity contribution in [3.63, 3.8) is 0 Å². The Morgan fingerprint density at radius 2 is 2.11 bits per heavy atom. The Morgan fingerprint density at radius 1 is 1.42 bits per heavy atom. The number of rotatable bonds is 0. The van der Waals surface area contributed by atoms with Crippen LogP contribution in [0.5, 0.6) is 0 Å². The predicted molar refractivity (Wildman–Crippen MR) is 68.1 cm³/mol. The number of fused-ring (bicyclic) bond motifs is 3. The Labute approximate surface area is 112 Å². The van der Waals surface area contributed by atoms with Crippen molar-refractivity contribution in [2.24, 2.45) is 17.3 Å². The topological polar surface area (TPSA) is 63.6 Å². The summed E-state index contributed by atoms with van der Waals surface area (Å²) in [4.78, 5) is 24.1. The Kier molecular flexibility index (Phi) is 2.37. The fourth-order valence-electron chi connectivity index (χ4n) is 3.89. The number of carbonyl (C=O) groups is 2. The van der Waals surface area contributed by atoms with E-state index >= 15 is 0 Å². The summed E-state index contributed by atoms with van der Waals surface area (Å²) in [7, 11) is 0. The van der Waals surface area contributed by atoms with E-state index in [0.717, 1.165) is 12.8 Å². The van der Waals surface area contributed by atoms with E-state index in [4.69, 9.17) is 4.74 Å². The summed E-state index contributed by atoms with van der Waals surface area (Å²) in [6.07, 6.45) is 3.85. The van der Waals surface area contributed by atoms with Crippen LogP contribution in [-0.4, -0.2) is 28.6 Å². The maximum atomic E-state index is 12.3. The highest BCUT2D eigenvalue weighted by Gasteiger charge is 2.66. The molecule has 0 radical (unpaired) electrons. The van der Waals surface area contributed by atoms with Crippen LogP contribution in [0.25, 0.3) is 0 Å². The van der Waals surface area contributed by atoms with Gasteiger partial charge in [-0.1, -0.05) is 13.5 Å². The lowest BCUT2D eigenvalue weighted by Gasteiger charge is -2.43. The normalized spacial score (nSPS) is 48.8. The van der Waals surface area contributed by atoms with Crippen LogP contribution in [0.15, 0.2) is 24.3 Å². The van der Waals surface area contributed by atoms with Crippen molar-refractivity contribution >= 4 is 11.8 Å². The third-order valence-corrected chi connectivity index (χ3v) is 5.37. The maximum absolute atomic E-state index is 12.3. The van der Waals surface area contributed by atoms with Crippen LogP contribution < -0.4 is 0 Å². The van der Waals surface area contributed by atoms with Gasteiger partial charge in [-0.05, 0) is 37.8 Å². The lowest BCUT2D eigenvalue weighted by molar-refractivity contribution is -0.165. The second-order valence-electron chi connectivity index (χ2n) is 6.16. The molecule has 0 bridgehead atoms. The van der Waals surface area contributed by atoms with Crippen LogP contribution in [0.2, 0.25) is 0 Å². The smallest absolute Gasteiger partial charge is 0.334 e. The van der Waals surface area contributed by atoms with Crippen molar-refractivity contribution in [3.05, 3.63) is 24.3 Å².